The Hall–Kier alpha value is -1.70. The zero-order valence-electron chi connectivity index (χ0n) is 15.7. The number of nitrogens with one attached hydrogen (secondary N) is 1. The summed E-state index contributed by atoms with van der Waals surface area (Å²) in [7, 11) is 0. The highest BCUT2D eigenvalue weighted by molar-refractivity contribution is 7.99. The van der Waals surface area contributed by atoms with E-state index in [1.54, 1.807) is 0 Å². The van der Waals surface area contributed by atoms with Gasteiger partial charge in [-0.25, -0.2) is 9.78 Å². The van der Waals surface area contributed by atoms with Crippen LogP contribution in [0.25, 0.3) is 0 Å². The second-order valence-corrected chi connectivity index (χ2v) is 9.45. The summed E-state index contributed by atoms with van der Waals surface area (Å²) in [6.07, 6.45) is 7.16. The Labute approximate surface area is 167 Å². The molecule has 152 valence electrons. The molecule has 1 amide bonds. The van der Waals surface area contributed by atoms with Crippen LogP contribution < -0.4 is 5.32 Å². The van der Waals surface area contributed by atoms with Gasteiger partial charge in [-0.15, -0.1) is 0 Å². The minimum Gasteiger partial charge on any atom is -0.449 e. The topological polar surface area (TPSA) is 68.3 Å². The van der Waals surface area contributed by atoms with Crippen molar-refractivity contribution in [2.75, 3.05) is 0 Å². The third-order valence-electron chi connectivity index (χ3n) is 6.27. The molecule has 0 radical (unpaired) electrons. The molecule has 5 nitrogen and oxygen atoms in total. The Balaban J connectivity index is 1.39. The van der Waals surface area contributed by atoms with Crippen molar-refractivity contribution in [1.29, 1.82) is 0 Å². The van der Waals surface area contributed by atoms with Crippen molar-refractivity contribution in [3.05, 3.63) is 23.9 Å². The van der Waals surface area contributed by atoms with Crippen LogP contribution >= 0.6 is 11.8 Å². The van der Waals surface area contributed by atoms with E-state index in [2.05, 4.69) is 10.3 Å². The molecule has 0 saturated heterocycles. The van der Waals surface area contributed by atoms with Gasteiger partial charge < -0.3 is 10.1 Å². The van der Waals surface area contributed by atoms with Crippen molar-refractivity contribution in [2.24, 2.45) is 17.8 Å². The molecule has 4 saturated carbocycles. The van der Waals surface area contributed by atoms with Crippen molar-refractivity contribution in [1.82, 2.24) is 10.3 Å². The minimum absolute atomic E-state index is 0.0535. The van der Waals surface area contributed by atoms with Gasteiger partial charge in [0.1, 0.15) is 5.03 Å². The quantitative estimate of drug-likeness (QED) is 0.567. The van der Waals surface area contributed by atoms with Gasteiger partial charge in [-0.05, 0) is 87.1 Å². The number of alkyl halides is 2. The molecular formula is C20H24F2N2O3S. The first-order valence-electron chi connectivity index (χ1n) is 9.76. The summed E-state index contributed by atoms with van der Waals surface area (Å²) in [5.74, 6) is -1.76. The Morgan fingerprint density at radius 2 is 1.82 bits per heavy atom. The van der Waals surface area contributed by atoms with E-state index in [-0.39, 0.29) is 33.8 Å². The number of esters is 1. The molecule has 1 atom stereocenters. The SMILES string of the molecule is C[C@H](OC(=O)c1cccnc1SC(F)F)C(=O)NC12CC3CC(CC(C3)C1)C2. The van der Waals surface area contributed by atoms with E-state index in [4.69, 9.17) is 4.74 Å². The second-order valence-electron chi connectivity index (χ2n) is 8.47. The Bertz CT molecular complexity index is 738. The van der Waals surface area contributed by atoms with Gasteiger partial charge in [0.25, 0.3) is 11.7 Å². The summed E-state index contributed by atoms with van der Waals surface area (Å²) >= 11 is 0.187. The molecule has 8 heteroatoms. The largest absolute Gasteiger partial charge is 0.449 e. The maximum atomic E-state index is 12.7. The highest BCUT2D eigenvalue weighted by Gasteiger charge is 2.51. The van der Waals surface area contributed by atoms with E-state index in [9.17, 15) is 18.4 Å². The van der Waals surface area contributed by atoms with E-state index in [0.29, 0.717) is 17.8 Å². The Morgan fingerprint density at radius 3 is 2.39 bits per heavy atom. The number of nitrogens with zero attached hydrogens (tertiary/aromatic N) is 1. The Morgan fingerprint density at radius 1 is 1.21 bits per heavy atom. The molecule has 4 fully saturated rings. The van der Waals surface area contributed by atoms with Crippen LogP contribution in [0.1, 0.15) is 55.8 Å². The lowest BCUT2D eigenvalue weighted by Gasteiger charge is -2.57. The molecule has 0 unspecified atom stereocenters. The smallest absolute Gasteiger partial charge is 0.341 e. The van der Waals surface area contributed by atoms with Crippen molar-refractivity contribution < 1.29 is 23.1 Å². The van der Waals surface area contributed by atoms with Gasteiger partial charge in [0.2, 0.25) is 0 Å². The number of ether oxygens (including phenoxy) is 1. The highest BCUT2D eigenvalue weighted by Crippen LogP contribution is 2.55. The molecule has 4 bridgehead atoms. The average Bonchev–Trinajstić information content (AvgIpc) is 2.59. The fourth-order valence-corrected chi connectivity index (χ4v) is 6.20. The molecule has 4 aliphatic carbocycles. The van der Waals surface area contributed by atoms with Crippen LogP contribution in [0, 0.1) is 17.8 Å². The minimum atomic E-state index is -2.70. The van der Waals surface area contributed by atoms with Crippen molar-refractivity contribution in [3.8, 4) is 0 Å². The van der Waals surface area contributed by atoms with Crippen molar-refractivity contribution in [3.63, 3.8) is 0 Å². The number of pyridine rings is 1. The standard InChI is InChI=1S/C20H24F2N2O3S/c1-11(27-18(26)15-3-2-4-23-17(15)28-19(21)22)16(25)24-20-8-12-5-13(9-20)7-14(6-12)10-20/h2-4,11-14,19H,5-10H2,1H3,(H,24,25)/t11-,12?,13?,14?,20?/m0/s1. The van der Waals surface area contributed by atoms with Crippen molar-refractivity contribution in [2.45, 2.75) is 67.9 Å². The van der Waals surface area contributed by atoms with Gasteiger partial charge in [-0.3, -0.25) is 4.79 Å². The molecular weight excluding hydrogens is 386 g/mol. The highest BCUT2D eigenvalue weighted by atomic mass is 32.2. The number of carbonyl (C=O) groups is 2. The van der Waals surface area contributed by atoms with Crippen LogP contribution in [0.5, 0.6) is 0 Å². The average molecular weight is 410 g/mol. The van der Waals surface area contributed by atoms with E-state index < -0.39 is 17.8 Å². The molecule has 5 rings (SSSR count). The zero-order valence-corrected chi connectivity index (χ0v) is 16.5. The lowest BCUT2D eigenvalue weighted by Crippen LogP contribution is -2.61. The maximum Gasteiger partial charge on any atom is 0.341 e. The van der Waals surface area contributed by atoms with E-state index >= 15 is 0 Å². The van der Waals surface area contributed by atoms with E-state index in [0.717, 1.165) is 19.3 Å². The van der Waals surface area contributed by atoms with Crippen LogP contribution in [-0.2, 0) is 9.53 Å². The summed E-state index contributed by atoms with van der Waals surface area (Å²) in [6.45, 7) is 1.52. The summed E-state index contributed by atoms with van der Waals surface area (Å²) in [6, 6.07) is 2.86. The lowest BCUT2D eigenvalue weighted by molar-refractivity contribution is -0.134. The van der Waals surface area contributed by atoms with Crippen LogP contribution in [0.15, 0.2) is 23.4 Å². The molecule has 0 spiro atoms. The number of thioether (sulfide) groups is 1. The van der Waals surface area contributed by atoms with Crippen LogP contribution in [-0.4, -0.2) is 34.3 Å². The summed E-state index contributed by atoms with van der Waals surface area (Å²) in [5.41, 5.74) is -0.223. The maximum absolute atomic E-state index is 12.7. The van der Waals surface area contributed by atoms with Gasteiger partial charge in [0.15, 0.2) is 6.10 Å². The fourth-order valence-electron chi connectivity index (χ4n) is 5.63. The zero-order chi connectivity index (χ0) is 19.9. The van der Waals surface area contributed by atoms with Crippen LogP contribution in [0.3, 0.4) is 0 Å². The molecule has 28 heavy (non-hydrogen) atoms. The molecule has 4 aliphatic rings. The third kappa shape index (κ3) is 4.02. The van der Waals surface area contributed by atoms with Crippen LogP contribution in [0.2, 0.25) is 0 Å². The molecule has 0 aromatic carbocycles. The van der Waals surface area contributed by atoms with Gasteiger partial charge in [0.05, 0.1) is 5.56 Å². The summed E-state index contributed by atoms with van der Waals surface area (Å²) < 4.78 is 30.6. The first-order chi connectivity index (χ1) is 13.3. The predicted octanol–water partition coefficient (Wildman–Crippen LogP) is 4.03. The van der Waals surface area contributed by atoms with Gasteiger partial charge in [-0.2, -0.15) is 8.78 Å². The van der Waals surface area contributed by atoms with E-state index in [1.807, 2.05) is 0 Å². The molecule has 1 aromatic heterocycles. The number of rotatable bonds is 6. The fraction of sp³-hybridized carbons (Fsp3) is 0.650. The molecule has 1 N–H and O–H groups in total. The number of carbonyl (C=O) groups excluding carboxylic acids is 2. The number of hydrogen-bond acceptors (Lipinski definition) is 5. The van der Waals surface area contributed by atoms with Crippen molar-refractivity contribution >= 4 is 23.6 Å². The third-order valence-corrected chi connectivity index (χ3v) is 7.00. The number of hydrogen-bond donors (Lipinski definition) is 1. The van der Waals surface area contributed by atoms with E-state index in [1.165, 1.54) is 44.5 Å². The first-order valence-corrected chi connectivity index (χ1v) is 10.6. The number of amides is 1. The summed E-state index contributed by atoms with van der Waals surface area (Å²) in [4.78, 5) is 29.0. The first kappa shape index (κ1) is 19.6. The molecule has 1 aromatic rings. The van der Waals surface area contributed by atoms with Crippen LogP contribution in [0.4, 0.5) is 8.78 Å². The normalized spacial score (nSPS) is 31.6. The van der Waals surface area contributed by atoms with Gasteiger partial charge in [0, 0.05) is 11.7 Å². The van der Waals surface area contributed by atoms with Gasteiger partial charge >= 0.3 is 5.97 Å². The number of halogens is 2. The second kappa shape index (κ2) is 7.61. The molecule has 1 heterocycles. The lowest BCUT2D eigenvalue weighted by atomic mass is 9.53. The Kier molecular flexibility index (Phi) is 5.33. The molecule has 0 aliphatic heterocycles. The summed E-state index contributed by atoms with van der Waals surface area (Å²) in [5, 5.41) is 3.07. The predicted molar refractivity (Wildman–Crippen MR) is 100 cm³/mol. The van der Waals surface area contributed by atoms with Gasteiger partial charge in [-0.1, -0.05) is 0 Å². The monoisotopic (exact) mass is 410 g/mol. The number of aromatic nitrogens is 1.